The van der Waals surface area contributed by atoms with Crippen molar-refractivity contribution in [3.05, 3.63) is 79.4 Å². The molecule has 0 spiro atoms. The third-order valence-corrected chi connectivity index (χ3v) is 8.45. The molecule has 0 saturated carbocycles. The summed E-state index contributed by atoms with van der Waals surface area (Å²) in [6.07, 6.45) is 4.50. The molecule has 2 heterocycles. The van der Waals surface area contributed by atoms with E-state index < -0.39 is 10.0 Å². The summed E-state index contributed by atoms with van der Waals surface area (Å²) in [5.41, 5.74) is 1.39. The molecule has 2 aromatic carbocycles. The van der Waals surface area contributed by atoms with Gasteiger partial charge in [-0.05, 0) is 36.4 Å². The average molecular weight is 498 g/mol. The zero-order valence-electron chi connectivity index (χ0n) is 18.8. The van der Waals surface area contributed by atoms with Gasteiger partial charge in [0.1, 0.15) is 6.10 Å². The summed E-state index contributed by atoms with van der Waals surface area (Å²) in [5.74, 6) is -0.114. The fourth-order valence-electron chi connectivity index (χ4n) is 3.88. The van der Waals surface area contributed by atoms with Crippen LogP contribution in [0.3, 0.4) is 0 Å². The summed E-state index contributed by atoms with van der Waals surface area (Å²) < 4.78 is 34.2. The summed E-state index contributed by atoms with van der Waals surface area (Å²) >= 11 is 1.53. The number of hydrogen-bond donors (Lipinski definition) is 0. The molecular weight excluding hydrogens is 470 g/mol. The number of piperidine rings is 1. The average Bonchev–Trinajstić information content (AvgIpc) is 3.26. The van der Waals surface area contributed by atoms with Crippen LogP contribution in [-0.4, -0.2) is 60.8 Å². The van der Waals surface area contributed by atoms with E-state index in [4.69, 9.17) is 4.74 Å². The van der Waals surface area contributed by atoms with E-state index >= 15 is 0 Å². The fraction of sp³-hybridized carbons (Fsp3) is 0.280. The van der Waals surface area contributed by atoms with Crippen LogP contribution in [0.2, 0.25) is 0 Å². The maximum atomic E-state index is 13.0. The van der Waals surface area contributed by atoms with Gasteiger partial charge in [0.15, 0.2) is 0 Å². The second kappa shape index (κ2) is 10.5. The highest BCUT2D eigenvalue weighted by atomic mass is 32.2. The molecule has 1 amide bonds. The van der Waals surface area contributed by atoms with Crippen LogP contribution in [0.25, 0.3) is 10.2 Å². The molecule has 0 aliphatic carbocycles. The molecule has 0 radical (unpaired) electrons. The number of benzene rings is 2. The first-order chi connectivity index (χ1) is 16.4. The topological polar surface area (TPSA) is 79.8 Å². The molecule has 1 aliphatic rings. The van der Waals surface area contributed by atoms with E-state index in [1.165, 1.54) is 39.9 Å². The molecule has 1 saturated heterocycles. The molecule has 9 heteroatoms. The van der Waals surface area contributed by atoms with Crippen LogP contribution in [0.1, 0.15) is 23.2 Å². The van der Waals surface area contributed by atoms with Crippen molar-refractivity contribution in [2.45, 2.75) is 23.8 Å². The molecule has 1 fully saturated rings. The molecule has 178 valence electrons. The van der Waals surface area contributed by atoms with E-state index in [9.17, 15) is 13.2 Å². The quantitative estimate of drug-likeness (QED) is 0.411. The highest BCUT2D eigenvalue weighted by Crippen LogP contribution is 2.29. The van der Waals surface area contributed by atoms with Gasteiger partial charge in [-0.1, -0.05) is 35.6 Å². The van der Waals surface area contributed by atoms with E-state index in [1.54, 1.807) is 17.0 Å². The van der Waals surface area contributed by atoms with Crippen molar-refractivity contribution >= 4 is 37.5 Å². The molecule has 3 aromatic rings. The van der Waals surface area contributed by atoms with Crippen LogP contribution < -0.4 is 4.74 Å². The van der Waals surface area contributed by atoms with Gasteiger partial charge >= 0.3 is 0 Å². The Morgan fingerprint density at radius 3 is 2.35 bits per heavy atom. The number of nitrogens with zero attached hydrogens (tertiary/aromatic N) is 3. The SMILES string of the molecule is C=CCN(CC=C)S(=O)(=O)c1ccc(C(=O)N2CCC(Oc3nc4ccccc4s3)CC2)cc1. The molecule has 1 aliphatic heterocycles. The molecule has 4 rings (SSSR count). The lowest BCUT2D eigenvalue weighted by Gasteiger charge is -2.31. The normalized spacial score (nSPS) is 14.9. The van der Waals surface area contributed by atoms with E-state index in [0.29, 0.717) is 36.7 Å². The molecule has 34 heavy (non-hydrogen) atoms. The summed E-state index contributed by atoms with van der Waals surface area (Å²) in [4.78, 5) is 19.4. The van der Waals surface area contributed by atoms with E-state index in [2.05, 4.69) is 18.1 Å². The van der Waals surface area contributed by atoms with E-state index in [-0.39, 0.29) is 30.0 Å². The molecule has 7 nitrogen and oxygen atoms in total. The van der Waals surface area contributed by atoms with E-state index in [1.807, 2.05) is 24.3 Å². The Kier molecular flexibility index (Phi) is 7.45. The lowest BCUT2D eigenvalue weighted by Crippen LogP contribution is -2.41. The number of thiazole rings is 1. The third-order valence-electron chi connectivity index (χ3n) is 5.68. The second-order valence-electron chi connectivity index (χ2n) is 7.98. The van der Waals surface area contributed by atoms with Gasteiger partial charge in [0.25, 0.3) is 11.1 Å². The fourth-order valence-corrected chi connectivity index (χ4v) is 6.14. The van der Waals surface area contributed by atoms with Gasteiger partial charge in [0.05, 0.1) is 15.1 Å². The predicted molar refractivity (Wildman–Crippen MR) is 135 cm³/mol. The van der Waals surface area contributed by atoms with Crippen LogP contribution in [0, 0.1) is 0 Å². The Hall–Kier alpha value is -3.01. The van der Waals surface area contributed by atoms with Crippen LogP contribution in [0.5, 0.6) is 5.19 Å². The Bertz CT molecular complexity index is 1230. The number of carbonyl (C=O) groups excluding carboxylic acids is 1. The van der Waals surface area contributed by atoms with Crippen LogP contribution in [0.15, 0.2) is 78.7 Å². The van der Waals surface area contributed by atoms with Crippen molar-refractivity contribution in [1.29, 1.82) is 0 Å². The Morgan fingerprint density at radius 2 is 1.74 bits per heavy atom. The number of carbonyl (C=O) groups is 1. The van der Waals surface area contributed by atoms with Crippen LogP contribution >= 0.6 is 11.3 Å². The Labute approximate surface area is 204 Å². The van der Waals surface area contributed by atoms with Gasteiger partial charge in [0.2, 0.25) is 10.0 Å². The minimum Gasteiger partial charge on any atom is -0.467 e. The van der Waals surface area contributed by atoms with Gasteiger partial charge in [-0.3, -0.25) is 4.79 Å². The standard InChI is InChI=1S/C25H27N3O4S2/c1-3-15-28(16-4-2)34(30,31)21-11-9-19(10-12-21)24(29)27-17-13-20(14-18-27)32-25-26-22-7-5-6-8-23(22)33-25/h3-12,20H,1-2,13-18H2. The molecule has 0 unspecified atom stereocenters. The number of para-hydroxylation sites is 1. The van der Waals surface area contributed by atoms with Crippen LogP contribution in [-0.2, 0) is 10.0 Å². The number of fused-ring (bicyclic) bond motifs is 1. The summed E-state index contributed by atoms with van der Waals surface area (Å²) in [6.45, 7) is 8.74. The minimum atomic E-state index is -3.70. The number of rotatable bonds is 9. The number of aromatic nitrogens is 1. The maximum absolute atomic E-state index is 13.0. The smallest absolute Gasteiger partial charge is 0.274 e. The molecule has 0 bridgehead atoms. The van der Waals surface area contributed by atoms with Crippen LogP contribution in [0.4, 0.5) is 0 Å². The first-order valence-electron chi connectivity index (χ1n) is 11.1. The number of hydrogen-bond acceptors (Lipinski definition) is 6. The number of likely N-dealkylation sites (tertiary alicyclic amines) is 1. The number of ether oxygens (including phenoxy) is 1. The Morgan fingerprint density at radius 1 is 1.09 bits per heavy atom. The monoisotopic (exact) mass is 497 g/mol. The van der Waals surface area contributed by atoms with Crippen molar-refractivity contribution in [2.24, 2.45) is 0 Å². The second-order valence-corrected chi connectivity index (χ2v) is 10.9. The van der Waals surface area contributed by atoms with Crippen molar-refractivity contribution in [3.8, 4) is 5.19 Å². The van der Waals surface area contributed by atoms with Gasteiger partial charge in [0, 0.05) is 44.6 Å². The van der Waals surface area contributed by atoms with Crippen molar-refractivity contribution in [1.82, 2.24) is 14.2 Å². The molecule has 0 N–H and O–H groups in total. The zero-order chi connectivity index (χ0) is 24.1. The first-order valence-corrected chi connectivity index (χ1v) is 13.3. The number of sulfonamides is 1. The van der Waals surface area contributed by atoms with Crippen molar-refractivity contribution in [3.63, 3.8) is 0 Å². The highest BCUT2D eigenvalue weighted by molar-refractivity contribution is 7.89. The first kappa shape index (κ1) is 24.1. The largest absolute Gasteiger partial charge is 0.467 e. The van der Waals surface area contributed by atoms with Gasteiger partial charge in [-0.2, -0.15) is 4.31 Å². The predicted octanol–water partition coefficient (Wildman–Crippen LogP) is 4.34. The lowest BCUT2D eigenvalue weighted by atomic mass is 10.1. The summed E-state index contributed by atoms with van der Waals surface area (Å²) in [5, 5.41) is 0.657. The van der Waals surface area contributed by atoms with Gasteiger partial charge in [-0.15, -0.1) is 13.2 Å². The van der Waals surface area contributed by atoms with Gasteiger partial charge in [-0.25, -0.2) is 13.4 Å². The molecular formula is C25H27N3O4S2. The number of amides is 1. The van der Waals surface area contributed by atoms with Crippen molar-refractivity contribution < 1.29 is 17.9 Å². The van der Waals surface area contributed by atoms with Gasteiger partial charge < -0.3 is 9.64 Å². The molecule has 0 atom stereocenters. The van der Waals surface area contributed by atoms with Crippen molar-refractivity contribution in [2.75, 3.05) is 26.2 Å². The summed E-state index contributed by atoms with van der Waals surface area (Å²) in [7, 11) is -3.70. The maximum Gasteiger partial charge on any atom is 0.274 e. The minimum absolute atomic E-state index is 0.0119. The van der Waals surface area contributed by atoms with E-state index in [0.717, 1.165) is 10.2 Å². The lowest BCUT2D eigenvalue weighted by molar-refractivity contribution is 0.0595. The zero-order valence-corrected chi connectivity index (χ0v) is 20.4. The Balaban J connectivity index is 1.36. The molecule has 1 aromatic heterocycles. The highest BCUT2D eigenvalue weighted by Gasteiger charge is 2.27. The summed E-state index contributed by atoms with van der Waals surface area (Å²) in [6, 6.07) is 14.0. The third kappa shape index (κ3) is 5.22.